The smallest absolute Gasteiger partial charge is 0.135 e. The first kappa shape index (κ1) is 8.82. The lowest BCUT2D eigenvalue weighted by Gasteiger charge is -1.86. The normalized spacial score (nSPS) is 9.17. The summed E-state index contributed by atoms with van der Waals surface area (Å²) < 4.78 is 1.75. The summed E-state index contributed by atoms with van der Waals surface area (Å²) in [6.45, 7) is 0.930. The van der Waals surface area contributed by atoms with Crippen molar-refractivity contribution in [2.24, 2.45) is 7.05 Å². The lowest BCUT2D eigenvalue weighted by Crippen LogP contribution is -2.05. The fourth-order valence-corrected chi connectivity index (χ4v) is 0.822. The van der Waals surface area contributed by atoms with Crippen LogP contribution in [0.3, 0.4) is 0 Å². The fraction of sp³-hybridized carbons (Fsp3) is 0.444. The summed E-state index contributed by atoms with van der Waals surface area (Å²) in [5.74, 6) is 6.01. The second-order valence-corrected chi connectivity index (χ2v) is 2.53. The summed E-state index contributed by atoms with van der Waals surface area (Å²) in [5.41, 5.74) is 0.841. The molecule has 0 aliphatic carbocycles. The standard InChI is InChI=1S/C9H13N3/c1-10-7-4-3-5-9-6-8-12(2)11-9/h6,8,10H,4,7H2,1-2H3. The maximum atomic E-state index is 4.13. The first-order valence-electron chi connectivity index (χ1n) is 3.96. The van der Waals surface area contributed by atoms with Gasteiger partial charge in [-0.15, -0.1) is 0 Å². The molecule has 1 aromatic heterocycles. The zero-order valence-electron chi connectivity index (χ0n) is 7.46. The highest BCUT2D eigenvalue weighted by molar-refractivity contribution is 5.25. The Morgan fingerprint density at radius 1 is 1.67 bits per heavy atom. The van der Waals surface area contributed by atoms with Gasteiger partial charge >= 0.3 is 0 Å². The Balaban J connectivity index is 2.43. The SMILES string of the molecule is CNCCC#Cc1ccn(C)n1. The Hall–Kier alpha value is -1.27. The van der Waals surface area contributed by atoms with Crippen molar-refractivity contribution in [3.05, 3.63) is 18.0 Å². The maximum absolute atomic E-state index is 4.13. The molecule has 0 aliphatic rings. The van der Waals surface area contributed by atoms with Crippen molar-refractivity contribution in [1.29, 1.82) is 0 Å². The third-order valence-electron chi connectivity index (χ3n) is 1.43. The van der Waals surface area contributed by atoms with E-state index in [0.717, 1.165) is 18.7 Å². The molecule has 64 valence electrons. The van der Waals surface area contributed by atoms with Gasteiger partial charge < -0.3 is 5.32 Å². The van der Waals surface area contributed by atoms with Gasteiger partial charge in [-0.1, -0.05) is 5.92 Å². The molecule has 3 heteroatoms. The van der Waals surface area contributed by atoms with E-state index in [-0.39, 0.29) is 0 Å². The Labute approximate surface area is 72.8 Å². The van der Waals surface area contributed by atoms with Gasteiger partial charge in [0.15, 0.2) is 0 Å². The number of aromatic nitrogens is 2. The topological polar surface area (TPSA) is 29.9 Å². The van der Waals surface area contributed by atoms with Crippen LogP contribution in [-0.2, 0) is 7.05 Å². The molecule has 0 atom stereocenters. The predicted octanol–water partition coefficient (Wildman–Crippen LogP) is 0.381. The monoisotopic (exact) mass is 163 g/mol. The van der Waals surface area contributed by atoms with E-state index in [9.17, 15) is 0 Å². The first-order chi connectivity index (χ1) is 5.83. The van der Waals surface area contributed by atoms with Gasteiger partial charge in [-0.05, 0) is 19.0 Å². The van der Waals surface area contributed by atoms with Crippen molar-refractivity contribution >= 4 is 0 Å². The number of rotatable bonds is 2. The van der Waals surface area contributed by atoms with Crippen LogP contribution in [0.4, 0.5) is 0 Å². The predicted molar refractivity (Wildman–Crippen MR) is 48.6 cm³/mol. The summed E-state index contributed by atoms with van der Waals surface area (Å²) in [4.78, 5) is 0. The van der Waals surface area contributed by atoms with E-state index in [4.69, 9.17) is 0 Å². The summed E-state index contributed by atoms with van der Waals surface area (Å²) in [6, 6.07) is 1.91. The second kappa shape index (κ2) is 4.58. The molecule has 0 amide bonds. The summed E-state index contributed by atoms with van der Waals surface area (Å²) in [6.07, 6.45) is 2.76. The number of hydrogen-bond donors (Lipinski definition) is 1. The highest BCUT2D eigenvalue weighted by Crippen LogP contribution is 1.89. The van der Waals surface area contributed by atoms with Crippen molar-refractivity contribution in [3.63, 3.8) is 0 Å². The van der Waals surface area contributed by atoms with Gasteiger partial charge in [-0.25, -0.2) is 0 Å². The van der Waals surface area contributed by atoms with Gasteiger partial charge in [0.05, 0.1) is 0 Å². The minimum Gasteiger partial charge on any atom is -0.319 e. The number of nitrogens with one attached hydrogen (secondary N) is 1. The van der Waals surface area contributed by atoms with Gasteiger partial charge in [0.25, 0.3) is 0 Å². The molecule has 0 saturated heterocycles. The van der Waals surface area contributed by atoms with Crippen molar-refractivity contribution in [3.8, 4) is 11.8 Å². The molecule has 0 spiro atoms. The molecule has 3 nitrogen and oxygen atoms in total. The molecular weight excluding hydrogens is 150 g/mol. The van der Waals surface area contributed by atoms with Crippen LogP contribution in [0.25, 0.3) is 0 Å². The van der Waals surface area contributed by atoms with E-state index in [2.05, 4.69) is 22.3 Å². The number of hydrogen-bond acceptors (Lipinski definition) is 2. The number of nitrogens with zero attached hydrogens (tertiary/aromatic N) is 2. The van der Waals surface area contributed by atoms with Gasteiger partial charge in [-0.2, -0.15) is 5.10 Å². The van der Waals surface area contributed by atoms with E-state index in [1.54, 1.807) is 4.68 Å². The third kappa shape index (κ3) is 2.77. The second-order valence-electron chi connectivity index (χ2n) is 2.53. The molecule has 1 N–H and O–H groups in total. The molecule has 0 radical (unpaired) electrons. The van der Waals surface area contributed by atoms with Crippen LogP contribution in [0.5, 0.6) is 0 Å². The van der Waals surface area contributed by atoms with Crippen LogP contribution in [-0.4, -0.2) is 23.4 Å². The highest BCUT2D eigenvalue weighted by atomic mass is 15.2. The fourth-order valence-electron chi connectivity index (χ4n) is 0.822. The summed E-state index contributed by atoms with van der Waals surface area (Å²) in [5, 5.41) is 7.16. The third-order valence-corrected chi connectivity index (χ3v) is 1.43. The minimum absolute atomic E-state index is 0.841. The lowest BCUT2D eigenvalue weighted by molar-refractivity contribution is 0.763. The van der Waals surface area contributed by atoms with Gasteiger partial charge in [0.1, 0.15) is 5.69 Å². The first-order valence-corrected chi connectivity index (χ1v) is 3.96. The van der Waals surface area contributed by atoms with Gasteiger partial charge in [0.2, 0.25) is 0 Å². The largest absolute Gasteiger partial charge is 0.319 e. The van der Waals surface area contributed by atoms with Crippen LogP contribution in [0.15, 0.2) is 12.3 Å². The molecule has 0 saturated carbocycles. The molecule has 0 fully saturated rings. The molecule has 1 rings (SSSR count). The molecule has 1 aromatic rings. The Bertz CT molecular complexity index is 290. The van der Waals surface area contributed by atoms with Crippen molar-refractivity contribution in [2.75, 3.05) is 13.6 Å². The quantitative estimate of drug-likeness (QED) is 0.504. The highest BCUT2D eigenvalue weighted by Gasteiger charge is 1.87. The van der Waals surface area contributed by atoms with Crippen molar-refractivity contribution in [2.45, 2.75) is 6.42 Å². The van der Waals surface area contributed by atoms with Crippen LogP contribution in [0.2, 0.25) is 0 Å². The average molecular weight is 163 g/mol. The van der Waals surface area contributed by atoms with E-state index >= 15 is 0 Å². The summed E-state index contributed by atoms with van der Waals surface area (Å²) >= 11 is 0. The van der Waals surface area contributed by atoms with Gasteiger partial charge in [-0.3, -0.25) is 4.68 Å². The lowest BCUT2D eigenvalue weighted by atomic mass is 10.4. The van der Waals surface area contributed by atoms with Crippen LogP contribution >= 0.6 is 0 Å². The van der Waals surface area contributed by atoms with Gasteiger partial charge in [0, 0.05) is 26.2 Å². The van der Waals surface area contributed by atoms with Crippen molar-refractivity contribution < 1.29 is 0 Å². The Kier molecular flexibility index (Phi) is 3.36. The Morgan fingerprint density at radius 2 is 2.50 bits per heavy atom. The van der Waals surface area contributed by atoms with Crippen molar-refractivity contribution in [1.82, 2.24) is 15.1 Å². The van der Waals surface area contributed by atoms with E-state index < -0.39 is 0 Å². The molecule has 0 aromatic carbocycles. The molecular formula is C9H13N3. The van der Waals surface area contributed by atoms with E-state index in [0.29, 0.717) is 0 Å². The van der Waals surface area contributed by atoms with E-state index in [1.165, 1.54) is 0 Å². The molecule has 0 aliphatic heterocycles. The minimum atomic E-state index is 0.841. The Morgan fingerprint density at radius 3 is 3.08 bits per heavy atom. The van der Waals surface area contributed by atoms with Crippen LogP contribution in [0, 0.1) is 11.8 Å². The van der Waals surface area contributed by atoms with Crippen LogP contribution < -0.4 is 5.32 Å². The van der Waals surface area contributed by atoms with Crippen LogP contribution in [0.1, 0.15) is 12.1 Å². The molecule has 12 heavy (non-hydrogen) atoms. The maximum Gasteiger partial charge on any atom is 0.135 e. The summed E-state index contributed by atoms with van der Waals surface area (Å²) in [7, 11) is 3.81. The molecule has 0 bridgehead atoms. The zero-order valence-corrected chi connectivity index (χ0v) is 7.46. The zero-order chi connectivity index (χ0) is 8.81. The molecule has 1 heterocycles. The molecule has 0 unspecified atom stereocenters. The number of aryl methyl sites for hydroxylation is 1. The average Bonchev–Trinajstić information content (AvgIpc) is 2.45. The van der Waals surface area contributed by atoms with E-state index in [1.807, 2.05) is 26.4 Å².